The highest BCUT2D eigenvalue weighted by Crippen LogP contribution is 2.12. The number of hydrogen-bond donors (Lipinski definition) is 1. The van der Waals surface area contributed by atoms with E-state index in [-0.39, 0.29) is 11.6 Å². The van der Waals surface area contributed by atoms with E-state index < -0.39 is 0 Å². The van der Waals surface area contributed by atoms with Gasteiger partial charge in [-0.1, -0.05) is 12.1 Å². The molecule has 1 N–H and O–H groups in total. The van der Waals surface area contributed by atoms with E-state index in [1.54, 1.807) is 37.2 Å². The zero-order chi connectivity index (χ0) is 15.0. The molecule has 0 unspecified atom stereocenters. The van der Waals surface area contributed by atoms with E-state index in [4.69, 9.17) is 10.5 Å². The number of hydrogen-bond acceptors (Lipinski definition) is 5. The Bertz CT molecular complexity index is 576. The molecule has 0 saturated heterocycles. The van der Waals surface area contributed by atoms with Gasteiger partial charge in [0.25, 0.3) is 0 Å². The second kappa shape index (κ2) is 7.55. The first-order chi connectivity index (χ1) is 9.56. The van der Waals surface area contributed by atoms with E-state index in [1.807, 2.05) is 18.2 Å². The Morgan fingerprint density at radius 1 is 1.35 bits per heavy atom. The minimum absolute atomic E-state index is 0.0673. The average molecular weight is 269 g/mol. The monoisotopic (exact) mass is 269 g/mol. The fourth-order valence-corrected chi connectivity index (χ4v) is 1.47. The highest BCUT2D eigenvalue weighted by Gasteiger charge is 2.04. The summed E-state index contributed by atoms with van der Waals surface area (Å²) >= 11 is 0. The van der Waals surface area contributed by atoms with Crippen LogP contribution in [0.2, 0.25) is 0 Å². The molecule has 0 aromatic heterocycles. The molecule has 6 heteroatoms. The van der Waals surface area contributed by atoms with Gasteiger partial charge in [0.1, 0.15) is 12.1 Å². The predicted octanol–water partition coefficient (Wildman–Crippen LogP) is 1.52. The fraction of sp³-hybridized carbons (Fsp3) is 0.286. The molecule has 1 rings (SSSR count). The molecule has 0 radical (unpaired) electrons. The van der Waals surface area contributed by atoms with Gasteiger partial charge in [0.2, 0.25) is 11.6 Å². The number of nitriles is 2. The number of benzene rings is 1. The maximum absolute atomic E-state index is 11.5. The zero-order valence-corrected chi connectivity index (χ0v) is 11.4. The number of nitrogens with zero attached hydrogens (tertiary/aromatic N) is 4. The third kappa shape index (κ3) is 4.79. The summed E-state index contributed by atoms with van der Waals surface area (Å²) in [5.41, 5.74) is 4.06. The summed E-state index contributed by atoms with van der Waals surface area (Å²) in [5.74, 6) is 0.0673. The van der Waals surface area contributed by atoms with Crippen LogP contribution in [0.1, 0.15) is 12.0 Å². The third-order valence-corrected chi connectivity index (χ3v) is 2.56. The lowest BCUT2D eigenvalue weighted by atomic mass is 10.1. The maximum Gasteiger partial charge on any atom is 0.237 e. The summed E-state index contributed by atoms with van der Waals surface area (Å²) in [6.45, 7) is 0. The molecule has 0 bridgehead atoms. The van der Waals surface area contributed by atoms with E-state index in [1.165, 1.54) is 0 Å². The first kappa shape index (κ1) is 15.2. The van der Waals surface area contributed by atoms with Crippen LogP contribution in [0.5, 0.6) is 0 Å². The van der Waals surface area contributed by atoms with Crippen LogP contribution in [-0.2, 0) is 11.2 Å². The number of carbonyl (C=O) groups is 1. The smallest absolute Gasteiger partial charge is 0.237 e. The predicted molar refractivity (Wildman–Crippen MR) is 75.7 cm³/mol. The number of aryl methyl sites for hydroxylation is 1. The molecule has 0 heterocycles. The highest BCUT2D eigenvalue weighted by molar-refractivity contribution is 6.10. The molecule has 1 aromatic carbocycles. The molecular weight excluding hydrogens is 254 g/mol. The lowest BCUT2D eigenvalue weighted by Gasteiger charge is -2.10. The van der Waals surface area contributed by atoms with Crippen LogP contribution in [0, 0.1) is 22.7 Å². The molecule has 20 heavy (non-hydrogen) atoms. The Kier molecular flexibility index (Phi) is 5.74. The van der Waals surface area contributed by atoms with Crippen LogP contribution in [-0.4, -0.2) is 30.6 Å². The van der Waals surface area contributed by atoms with E-state index in [0.717, 1.165) is 5.56 Å². The molecule has 1 amide bonds. The lowest BCUT2D eigenvalue weighted by Crippen LogP contribution is -2.21. The van der Waals surface area contributed by atoms with Gasteiger partial charge in [0.05, 0.1) is 5.69 Å². The van der Waals surface area contributed by atoms with Crippen molar-refractivity contribution in [3.05, 3.63) is 29.8 Å². The van der Waals surface area contributed by atoms with E-state index >= 15 is 0 Å². The lowest BCUT2D eigenvalue weighted by molar-refractivity contribution is -0.128. The van der Waals surface area contributed by atoms with Crippen molar-refractivity contribution < 1.29 is 4.79 Å². The molecule has 0 atom stereocenters. The summed E-state index contributed by atoms with van der Waals surface area (Å²) in [4.78, 5) is 13.1. The SMILES string of the molecule is CN(C)C(=O)CCc1cccc(NN=C(C#N)C#N)c1. The number of carbonyl (C=O) groups excluding carboxylic acids is 1. The van der Waals surface area contributed by atoms with Crippen LogP contribution in [0.15, 0.2) is 29.4 Å². The number of nitrogens with one attached hydrogen (secondary N) is 1. The van der Waals surface area contributed by atoms with Gasteiger partial charge < -0.3 is 4.90 Å². The van der Waals surface area contributed by atoms with Crippen molar-refractivity contribution in [2.24, 2.45) is 5.10 Å². The van der Waals surface area contributed by atoms with Gasteiger partial charge in [0.15, 0.2) is 0 Å². The normalized spacial score (nSPS) is 9.00. The minimum atomic E-state index is -0.238. The van der Waals surface area contributed by atoms with Gasteiger partial charge in [-0.15, -0.1) is 0 Å². The van der Waals surface area contributed by atoms with Gasteiger partial charge in [-0.05, 0) is 24.1 Å². The number of amides is 1. The quantitative estimate of drug-likeness (QED) is 0.648. The molecule has 6 nitrogen and oxygen atoms in total. The van der Waals surface area contributed by atoms with E-state index in [0.29, 0.717) is 18.5 Å². The second-order valence-corrected chi connectivity index (χ2v) is 4.28. The van der Waals surface area contributed by atoms with Crippen molar-refractivity contribution >= 4 is 17.3 Å². The second-order valence-electron chi connectivity index (χ2n) is 4.28. The molecule has 0 spiro atoms. The maximum atomic E-state index is 11.5. The van der Waals surface area contributed by atoms with Gasteiger partial charge in [0, 0.05) is 20.5 Å². The Morgan fingerprint density at radius 2 is 2.05 bits per heavy atom. The first-order valence-corrected chi connectivity index (χ1v) is 6.00. The van der Waals surface area contributed by atoms with Crippen molar-refractivity contribution in [3.8, 4) is 12.1 Å². The molecular formula is C14H15N5O. The standard InChI is InChI=1S/C14H15N5O/c1-19(2)14(20)7-6-11-4-3-5-12(8-11)17-18-13(9-15)10-16/h3-5,8,17H,6-7H2,1-2H3. The van der Waals surface area contributed by atoms with Gasteiger partial charge in [-0.25, -0.2) is 0 Å². The van der Waals surface area contributed by atoms with E-state index in [9.17, 15) is 4.79 Å². The van der Waals surface area contributed by atoms with Crippen LogP contribution >= 0.6 is 0 Å². The molecule has 0 aliphatic rings. The Morgan fingerprint density at radius 3 is 2.65 bits per heavy atom. The van der Waals surface area contributed by atoms with E-state index in [2.05, 4.69) is 10.5 Å². The number of anilines is 1. The third-order valence-electron chi connectivity index (χ3n) is 2.56. The zero-order valence-electron chi connectivity index (χ0n) is 11.4. The Labute approximate surface area is 117 Å². The summed E-state index contributed by atoms with van der Waals surface area (Å²) in [6, 6.07) is 10.7. The van der Waals surface area contributed by atoms with Crippen LogP contribution < -0.4 is 5.43 Å². The number of hydrazone groups is 1. The summed E-state index contributed by atoms with van der Waals surface area (Å²) in [6.07, 6.45) is 1.06. The Balaban J connectivity index is 2.68. The summed E-state index contributed by atoms with van der Waals surface area (Å²) in [7, 11) is 3.45. The number of rotatable bonds is 5. The van der Waals surface area contributed by atoms with Gasteiger partial charge in [-0.3, -0.25) is 10.2 Å². The average Bonchev–Trinajstić information content (AvgIpc) is 2.46. The van der Waals surface area contributed by atoms with Crippen molar-refractivity contribution in [1.29, 1.82) is 10.5 Å². The molecule has 1 aromatic rings. The topological polar surface area (TPSA) is 92.3 Å². The fourth-order valence-electron chi connectivity index (χ4n) is 1.47. The van der Waals surface area contributed by atoms with Crippen LogP contribution in [0.25, 0.3) is 0 Å². The molecule has 0 fully saturated rings. The molecule has 0 aliphatic carbocycles. The molecule has 102 valence electrons. The largest absolute Gasteiger partial charge is 0.349 e. The first-order valence-electron chi connectivity index (χ1n) is 6.00. The minimum Gasteiger partial charge on any atom is -0.349 e. The summed E-state index contributed by atoms with van der Waals surface area (Å²) in [5, 5.41) is 20.8. The van der Waals surface area contributed by atoms with Crippen LogP contribution in [0.3, 0.4) is 0 Å². The van der Waals surface area contributed by atoms with Gasteiger partial charge >= 0.3 is 0 Å². The molecule has 0 saturated carbocycles. The van der Waals surface area contributed by atoms with Crippen LogP contribution in [0.4, 0.5) is 5.69 Å². The van der Waals surface area contributed by atoms with Gasteiger partial charge in [-0.2, -0.15) is 15.6 Å². The Hall–Kier alpha value is -2.86. The highest BCUT2D eigenvalue weighted by atomic mass is 16.2. The van der Waals surface area contributed by atoms with Crippen molar-refractivity contribution in [2.75, 3.05) is 19.5 Å². The van der Waals surface area contributed by atoms with Crippen molar-refractivity contribution in [1.82, 2.24) is 4.90 Å². The van der Waals surface area contributed by atoms with Crippen molar-refractivity contribution in [2.45, 2.75) is 12.8 Å². The van der Waals surface area contributed by atoms with Crippen molar-refractivity contribution in [3.63, 3.8) is 0 Å². The summed E-state index contributed by atoms with van der Waals surface area (Å²) < 4.78 is 0. The molecule has 0 aliphatic heterocycles.